The predicted octanol–water partition coefficient (Wildman–Crippen LogP) is 1.97. The van der Waals surface area contributed by atoms with Gasteiger partial charge in [0.2, 0.25) is 0 Å². The summed E-state index contributed by atoms with van der Waals surface area (Å²) in [5.74, 6) is 0. The van der Waals surface area contributed by atoms with E-state index >= 15 is 0 Å². The van der Waals surface area contributed by atoms with Crippen LogP contribution in [-0.2, 0) is 0 Å². The van der Waals surface area contributed by atoms with E-state index in [2.05, 4.69) is 3.55 Å². The molecule has 0 aliphatic carbocycles. The molecule has 1 unspecified atom stereocenters. The molecule has 1 N–H and O–H groups in total. The van der Waals surface area contributed by atoms with Gasteiger partial charge in [-0.3, -0.25) is 0 Å². The maximum absolute atomic E-state index is 6.99. The van der Waals surface area contributed by atoms with Gasteiger partial charge in [0, 0.05) is 0 Å². The average Bonchev–Trinajstić information content (AvgIpc) is 1.35. The molecule has 0 saturated heterocycles. The van der Waals surface area contributed by atoms with Crippen molar-refractivity contribution >= 4 is 34.1 Å². The molecule has 0 aliphatic heterocycles. The second-order valence-electron chi connectivity index (χ2n) is 0.376. The van der Waals surface area contributed by atoms with E-state index in [0.29, 0.717) is 0 Å². The topological polar surface area (TPSA) is 23.9 Å². The minimum atomic E-state index is -2.47. The van der Waals surface area contributed by atoms with Crippen molar-refractivity contribution < 1.29 is 1.41 Å². The molecular weight excluding hydrogens is 280 g/mol. The Balaban J connectivity index is 3.79. The molecule has 0 aromatic carbocycles. The van der Waals surface area contributed by atoms with E-state index in [4.69, 9.17) is 2.01 Å². The van der Waals surface area contributed by atoms with Crippen molar-refractivity contribution in [2.75, 3.05) is 4.93 Å². The summed E-state index contributed by atoms with van der Waals surface area (Å²) in [5, 5.41) is 0. The van der Waals surface area contributed by atoms with E-state index in [1.54, 1.807) is 4.93 Å². The summed E-state index contributed by atoms with van der Waals surface area (Å²) < 4.78 is 16.5. The van der Waals surface area contributed by atoms with Crippen molar-refractivity contribution in [3.63, 3.8) is 0 Å². The van der Waals surface area contributed by atoms with Gasteiger partial charge in [-0.25, -0.2) is 0 Å². The Morgan fingerprint density at radius 3 is 3.00 bits per heavy atom. The number of nitrogens with one attached hydrogen (secondary N) is 1. The Hall–Kier alpha value is 1.26. The van der Waals surface area contributed by atoms with Gasteiger partial charge in [-0.2, -0.15) is 0 Å². The summed E-state index contributed by atoms with van der Waals surface area (Å²) in [6, 6.07) is 0. The molecule has 0 heterocycles. The Bertz CT molecular complexity index is 75.3. The quantitative estimate of drug-likeness (QED) is 0.520. The number of alkyl halides is 1. The molecule has 0 rings (SSSR count). The number of hydrogen-bond donors (Lipinski definition) is 1. The number of halogens is 2. The summed E-state index contributed by atoms with van der Waals surface area (Å²) >= 11 is -0.534. The van der Waals surface area contributed by atoms with Crippen LogP contribution in [0.3, 0.4) is 0 Å². The normalized spacial score (nSPS) is 37.5. The van der Waals surface area contributed by atoms with E-state index in [9.17, 15) is 0 Å². The molecule has 0 aromatic rings. The average molecular weight is 287 g/mol. The van der Waals surface area contributed by atoms with Crippen molar-refractivity contribution in [3.8, 4) is 0 Å². The summed E-state index contributed by atoms with van der Waals surface area (Å²) in [7, 11) is 0. The van der Waals surface area contributed by atoms with Crippen LogP contribution in [0.1, 0.15) is 0 Å². The molecule has 0 amide bonds. The number of hydrogen-bond acceptors (Lipinski definition) is 1. The van der Waals surface area contributed by atoms with Crippen LogP contribution in [0.2, 0.25) is 1.41 Å². The van der Waals surface area contributed by atoms with Gasteiger partial charge >= 0.3 is 44.6 Å². The standard InChI is InChI=1S/CH5I2N/c1-3(2)4/h3-4H,1H3/i3D/hD. The SMILES string of the molecule is [2H]N=I([2H])(C)I. The van der Waals surface area contributed by atoms with Crippen molar-refractivity contribution in [2.45, 2.75) is 0 Å². The van der Waals surface area contributed by atoms with E-state index in [1.807, 2.05) is 18.6 Å². The van der Waals surface area contributed by atoms with E-state index in [-0.39, 0.29) is 0 Å². The van der Waals surface area contributed by atoms with Crippen LogP contribution >= 0.6 is 34.1 Å². The van der Waals surface area contributed by atoms with Gasteiger partial charge in [-0.1, -0.05) is 0 Å². The monoisotopic (exact) mass is 287 g/mol. The third-order valence-electron chi connectivity index (χ3n) is 0. The first-order chi connectivity index (χ1) is 2.56. The van der Waals surface area contributed by atoms with Crippen molar-refractivity contribution in [2.24, 2.45) is 0 Å². The maximum atomic E-state index is 6.99. The molecule has 28 valence electrons. The first-order valence-corrected chi connectivity index (χ1v) is 10.1. The van der Waals surface area contributed by atoms with Crippen molar-refractivity contribution in [1.29, 1.82) is 4.15 Å². The summed E-state index contributed by atoms with van der Waals surface area (Å²) in [6.07, 6.45) is 0. The van der Waals surface area contributed by atoms with Gasteiger partial charge in [0.15, 0.2) is 0 Å². The molecular formula is CH5I2N. The summed E-state index contributed by atoms with van der Waals surface area (Å²) in [4.78, 5) is 1.72. The molecule has 3 heteroatoms. The third kappa shape index (κ3) is 10.5. The fraction of sp³-hybridized carbons (Fsp3) is 1.00. The fourth-order valence-electron chi connectivity index (χ4n) is 0. The summed E-state index contributed by atoms with van der Waals surface area (Å²) in [5.41, 5.74) is 0. The van der Waals surface area contributed by atoms with E-state index in [1.165, 1.54) is 0 Å². The van der Waals surface area contributed by atoms with Crippen LogP contribution in [0, 0.1) is 3.55 Å². The molecule has 0 aromatic heterocycles. The molecule has 0 spiro atoms. The predicted molar refractivity (Wildman–Crippen MR) is 38.1 cm³/mol. The van der Waals surface area contributed by atoms with Crippen LogP contribution in [0.5, 0.6) is 0 Å². The molecule has 1 atom stereocenters. The van der Waals surface area contributed by atoms with Crippen LogP contribution < -0.4 is 0 Å². The molecule has 1 nitrogen and oxygen atoms in total. The Labute approximate surface area is 44.3 Å². The first kappa shape index (κ1) is 2.44. The van der Waals surface area contributed by atoms with Gasteiger partial charge < -0.3 is 0 Å². The first-order valence-electron chi connectivity index (χ1n) is 1.52. The molecule has 0 fully saturated rings. The molecule has 4 heavy (non-hydrogen) atoms. The van der Waals surface area contributed by atoms with Gasteiger partial charge in [0.1, 0.15) is 0 Å². The molecule has 0 saturated carbocycles. The van der Waals surface area contributed by atoms with E-state index in [0.717, 1.165) is 0 Å². The van der Waals surface area contributed by atoms with Crippen LogP contribution in [-0.4, -0.2) is 5.52 Å². The third-order valence-corrected chi connectivity index (χ3v) is 0. The minimum absolute atomic E-state index is 1.72. The zero-order valence-electron chi connectivity index (χ0n) is 4.20. The number of rotatable bonds is 0. The van der Waals surface area contributed by atoms with Gasteiger partial charge in [0.25, 0.3) is 0 Å². The second-order valence-corrected chi connectivity index (χ2v) is 10.4. The van der Waals surface area contributed by atoms with Crippen LogP contribution in [0.15, 0.2) is 0 Å². The van der Waals surface area contributed by atoms with Gasteiger partial charge in [-0.15, -0.1) is 0 Å². The van der Waals surface area contributed by atoms with Crippen molar-refractivity contribution in [1.82, 2.24) is 0 Å². The van der Waals surface area contributed by atoms with Crippen LogP contribution in [0.25, 0.3) is 0 Å². The van der Waals surface area contributed by atoms with E-state index < -0.39 is 15.5 Å². The molecule has 0 aliphatic rings. The zero-order valence-corrected chi connectivity index (χ0v) is 6.52. The molecule has 0 bridgehead atoms. The van der Waals surface area contributed by atoms with Gasteiger partial charge in [-0.05, 0) is 0 Å². The van der Waals surface area contributed by atoms with Crippen molar-refractivity contribution in [3.05, 3.63) is 0 Å². The van der Waals surface area contributed by atoms with Gasteiger partial charge in [0.05, 0.1) is 0 Å². The zero-order chi connectivity index (χ0) is 5.21. The molecule has 0 radical (unpaired) electrons. The second kappa shape index (κ2) is 2.49. The summed E-state index contributed by atoms with van der Waals surface area (Å²) in [6.45, 7) is 0. The Morgan fingerprint density at radius 1 is 2.75 bits per heavy atom. The Kier molecular flexibility index (Phi) is 1.52. The van der Waals surface area contributed by atoms with Crippen LogP contribution in [0.4, 0.5) is 0 Å². The Morgan fingerprint density at radius 2 is 3.00 bits per heavy atom. The fourth-order valence-corrected chi connectivity index (χ4v) is 0.